The number of rotatable bonds is 14. The molecule has 4 saturated heterocycles. The molecule has 450 valence electrons. The molecule has 4 fully saturated rings. The molecule has 2 aromatic heterocycles. The van der Waals surface area contributed by atoms with Gasteiger partial charge in [0.05, 0.1) is 60.0 Å². The topological polar surface area (TPSA) is 255 Å². The summed E-state index contributed by atoms with van der Waals surface area (Å²) < 4.78 is 54.7. The van der Waals surface area contributed by atoms with Crippen LogP contribution in [-0.2, 0) is 19.1 Å². The van der Waals surface area contributed by atoms with E-state index in [4.69, 9.17) is 41.3 Å². The molecule has 12 rings (SSSR count). The lowest BCUT2D eigenvalue weighted by atomic mass is 9.92. The zero-order valence-corrected chi connectivity index (χ0v) is 49.0. The summed E-state index contributed by atoms with van der Waals surface area (Å²) in [5, 5.41) is 30.4. The number of hydrogen-bond acceptors (Lipinski definition) is 18. The van der Waals surface area contributed by atoms with Gasteiger partial charge in [0.15, 0.2) is 21.7 Å². The van der Waals surface area contributed by atoms with E-state index in [-0.39, 0.29) is 71.9 Å². The molecule has 8 heterocycles. The molecule has 4 amide bonds. The number of amidine groups is 2. The summed E-state index contributed by atoms with van der Waals surface area (Å²) in [7, 11) is 2.60. The van der Waals surface area contributed by atoms with Gasteiger partial charge in [-0.1, -0.05) is 35.9 Å². The Kier molecular flexibility index (Phi) is 17.2. The molecule has 4 atom stereocenters. The molecule has 28 heteroatoms. The fourth-order valence-electron chi connectivity index (χ4n) is 11.5. The number of nitrogens with one attached hydrogen (secondary N) is 2. The monoisotopic (exact) mass is 1250 g/mol. The molecule has 0 saturated carbocycles. The van der Waals surface area contributed by atoms with Crippen LogP contribution in [0.2, 0.25) is 5.02 Å². The number of ether oxygens (including phenoxy) is 2. The van der Waals surface area contributed by atoms with Crippen LogP contribution in [0.15, 0.2) is 135 Å². The van der Waals surface area contributed by atoms with Gasteiger partial charge in [-0.3, -0.25) is 29.6 Å². The van der Waals surface area contributed by atoms with Gasteiger partial charge in [-0.2, -0.15) is 0 Å². The van der Waals surface area contributed by atoms with Crippen LogP contribution in [0.4, 0.5) is 34.1 Å². The Morgan fingerprint density at radius 2 is 1.10 bits per heavy atom. The molecule has 22 nitrogen and oxygen atoms in total. The zero-order chi connectivity index (χ0) is 61.4. The van der Waals surface area contributed by atoms with Crippen LogP contribution < -0.4 is 20.4 Å². The molecule has 6 aliphatic rings. The van der Waals surface area contributed by atoms with Crippen molar-refractivity contribution >= 4 is 93.3 Å². The van der Waals surface area contributed by atoms with Crippen LogP contribution >= 0.6 is 34.3 Å². The molecule has 6 aromatic rings. The van der Waals surface area contributed by atoms with Gasteiger partial charge in [-0.05, 0) is 78.2 Å². The van der Waals surface area contributed by atoms with E-state index in [9.17, 15) is 41.9 Å². The number of anilines is 2. The summed E-state index contributed by atoms with van der Waals surface area (Å²) in [6.07, 6.45) is 3.33. The quantitative estimate of drug-likeness (QED) is 0.0778. The van der Waals surface area contributed by atoms with E-state index in [1.807, 2.05) is 17.5 Å². The molecule has 0 bridgehead atoms. The minimum Gasteiger partial charge on any atom is -0.478 e. The summed E-state index contributed by atoms with van der Waals surface area (Å²) in [4.78, 5) is 104. The van der Waals surface area contributed by atoms with Gasteiger partial charge < -0.3 is 40.1 Å². The molecule has 0 spiro atoms. The average molecular weight is 1250 g/mol. The first-order valence-electron chi connectivity index (χ1n) is 27.2. The van der Waals surface area contributed by atoms with Crippen molar-refractivity contribution in [3.8, 4) is 0 Å². The van der Waals surface area contributed by atoms with Gasteiger partial charge >= 0.3 is 35.9 Å². The Morgan fingerprint density at radius 1 is 0.632 bits per heavy atom. The number of methoxy groups -OCH3 is 2. The molecular weight excluding hydrogens is 1190 g/mol. The molecule has 0 unspecified atom stereocenters. The van der Waals surface area contributed by atoms with Crippen molar-refractivity contribution in [3.05, 3.63) is 185 Å². The Hall–Kier alpha value is -9.02. The standard InChI is InChI=1S/C30H28F2N6O5S.C29H26ClFN6O5S/c1-16-19(4-3-5-20(16)31)25-24(29(41)43-2)22(34-26(35-25)27-33-8-11-44-27)15-36-9-10-37-18(13-36)14-38(30(37)42)23-7-6-17(28(39)40)12-21(23)32;1-42-28(40)23-21(33-25(26-32-8-11-43-26)34-24(23)16-2-5-18(30)6-3-16)15-35-9-10-36-19(13-35)14-37(29(36)41)22-7-4-17(27(38)39)12-20(22)31/h3-8,11-12,18,25H,9-10,13-15H2,1-2H3,(H,34,35)(H,39,40);2-8,11-12,19,24H,9-10,13-15H2,1H3,(H,33,34)(H,38,39)/t18-,25-;19-,24-/m00/s1. The van der Waals surface area contributed by atoms with E-state index in [2.05, 4.69) is 30.4 Å². The van der Waals surface area contributed by atoms with Crippen molar-refractivity contribution in [2.75, 3.05) is 89.5 Å². The van der Waals surface area contributed by atoms with Gasteiger partial charge in [-0.15, -0.1) is 22.7 Å². The van der Waals surface area contributed by atoms with Crippen molar-refractivity contribution in [2.45, 2.75) is 31.1 Å². The van der Waals surface area contributed by atoms with E-state index < -0.39 is 53.4 Å². The molecule has 0 aliphatic carbocycles. The van der Waals surface area contributed by atoms with Crippen molar-refractivity contribution in [1.29, 1.82) is 0 Å². The number of aromatic carboxylic acids is 2. The molecule has 0 radical (unpaired) electrons. The summed E-state index contributed by atoms with van der Waals surface area (Å²) in [6, 6.07) is 16.1. The first-order chi connectivity index (χ1) is 41.9. The van der Waals surface area contributed by atoms with Crippen LogP contribution in [0.5, 0.6) is 0 Å². The first-order valence-corrected chi connectivity index (χ1v) is 29.3. The number of benzene rings is 4. The minimum atomic E-state index is -1.26. The highest BCUT2D eigenvalue weighted by Crippen LogP contribution is 2.38. The van der Waals surface area contributed by atoms with E-state index in [1.165, 1.54) is 77.0 Å². The van der Waals surface area contributed by atoms with Crippen LogP contribution in [0.3, 0.4) is 0 Å². The number of aromatic nitrogens is 2. The van der Waals surface area contributed by atoms with Gasteiger partial charge in [-0.25, -0.2) is 51.9 Å². The molecular formula is C59H54ClF3N12O10S2. The summed E-state index contributed by atoms with van der Waals surface area (Å²) in [5.74, 6) is -4.64. The number of fused-ring (bicyclic) bond motifs is 2. The smallest absolute Gasteiger partial charge is 0.338 e. The molecule has 4 aromatic carbocycles. The number of urea groups is 2. The first kappa shape index (κ1) is 59.7. The third kappa shape index (κ3) is 12.1. The van der Waals surface area contributed by atoms with Crippen LogP contribution in [0, 0.1) is 24.4 Å². The summed E-state index contributed by atoms with van der Waals surface area (Å²) in [5.41, 5.74) is 3.04. The van der Waals surface area contributed by atoms with Crippen molar-refractivity contribution in [2.24, 2.45) is 9.98 Å². The third-order valence-corrected chi connectivity index (χ3v) is 17.5. The number of aliphatic imine (C=N–C) groups is 2. The number of amides is 4. The number of halogens is 4. The van der Waals surface area contributed by atoms with E-state index in [0.717, 1.165) is 17.7 Å². The maximum atomic E-state index is 14.9. The lowest BCUT2D eigenvalue weighted by molar-refractivity contribution is -0.137. The van der Waals surface area contributed by atoms with E-state index >= 15 is 0 Å². The summed E-state index contributed by atoms with van der Waals surface area (Å²) in [6.45, 7) is 5.27. The predicted octanol–water partition coefficient (Wildman–Crippen LogP) is 7.35. The fraction of sp³-hybridized carbons (Fsp3) is 0.288. The predicted molar refractivity (Wildman–Crippen MR) is 316 cm³/mol. The number of carboxylic acids is 2. The van der Waals surface area contributed by atoms with Crippen LogP contribution in [0.1, 0.15) is 59.5 Å². The molecule has 87 heavy (non-hydrogen) atoms. The maximum Gasteiger partial charge on any atom is 0.338 e. The second-order valence-corrected chi connectivity index (χ2v) is 23.1. The molecule has 6 aliphatic heterocycles. The van der Waals surface area contributed by atoms with E-state index in [1.54, 1.807) is 58.8 Å². The highest BCUT2D eigenvalue weighted by atomic mass is 35.5. The Bertz CT molecular complexity index is 3850. The SMILES string of the molecule is COC(=O)C1=C(CN2CCN3C(=O)N(c4ccc(C(=O)O)cc4F)C[C@@H]3C2)NC(c2nccs2)=N[C@H]1c1ccc(Cl)cc1.COC(=O)C1=C(CN2CCN3C(=O)N(c4ccc(C(=O)O)cc4F)C[C@@H]3C2)NC(c2nccs2)=N[C@H]1c1cccc(F)c1C. The van der Waals surface area contributed by atoms with Gasteiger partial charge in [0, 0.05) is 105 Å². The summed E-state index contributed by atoms with van der Waals surface area (Å²) >= 11 is 8.92. The Morgan fingerprint density at radius 3 is 1.54 bits per heavy atom. The number of carbonyl (C=O) groups is 6. The average Bonchev–Trinajstić information content (AvgIpc) is 2.60. The van der Waals surface area contributed by atoms with Crippen LogP contribution in [0.25, 0.3) is 0 Å². The Labute approximate surface area is 508 Å². The second kappa shape index (κ2) is 25.1. The third-order valence-electron chi connectivity index (χ3n) is 15.7. The Balaban J connectivity index is 0.000000180. The van der Waals surface area contributed by atoms with Gasteiger partial charge in [0.25, 0.3) is 0 Å². The van der Waals surface area contributed by atoms with Gasteiger partial charge in [0.1, 0.15) is 29.5 Å². The fourth-order valence-corrected chi connectivity index (χ4v) is 12.8. The number of carboxylic acid groups (broad SMARTS) is 2. The number of carbonyl (C=O) groups excluding carboxylic acids is 4. The maximum absolute atomic E-state index is 14.9. The highest BCUT2D eigenvalue weighted by Gasteiger charge is 2.45. The van der Waals surface area contributed by atoms with Gasteiger partial charge in [0.2, 0.25) is 0 Å². The normalized spacial score (nSPS) is 20.4. The van der Waals surface area contributed by atoms with Crippen molar-refractivity contribution < 1.29 is 61.6 Å². The number of piperazine rings is 2. The minimum absolute atomic E-state index is 0.0168. The number of esters is 2. The zero-order valence-electron chi connectivity index (χ0n) is 46.7. The number of hydrogen-bond donors (Lipinski definition) is 4. The van der Waals surface area contributed by atoms with Crippen molar-refractivity contribution in [3.63, 3.8) is 0 Å². The van der Waals surface area contributed by atoms with E-state index in [0.29, 0.717) is 101 Å². The number of thiazole rings is 2. The highest BCUT2D eigenvalue weighted by molar-refractivity contribution is 7.12. The largest absolute Gasteiger partial charge is 0.478 e. The number of nitrogens with zero attached hydrogens (tertiary/aromatic N) is 10. The van der Waals surface area contributed by atoms with Crippen molar-refractivity contribution in [1.82, 2.24) is 40.2 Å². The van der Waals surface area contributed by atoms with Crippen LogP contribution in [-0.4, -0.2) is 179 Å². The lowest BCUT2D eigenvalue weighted by Crippen LogP contribution is -2.53. The second-order valence-electron chi connectivity index (χ2n) is 20.9. The molecule has 4 N–H and O–H groups in total. The lowest BCUT2D eigenvalue weighted by Gasteiger charge is -2.38.